The van der Waals surface area contributed by atoms with E-state index in [2.05, 4.69) is 25.3 Å². The number of hydrogen-bond donors (Lipinski definition) is 4. The lowest BCUT2D eigenvalue weighted by Gasteiger charge is -2.14. The molecule has 1 aromatic heterocycles. The Morgan fingerprint density at radius 1 is 1.16 bits per heavy atom. The quantitative estimate of drug-likeness (QED) is 0.444. The normalized spacial score (nSPS) is 15.4. The molecule has 1 aliphatic heterocycles. The van der Waals surface area contributed by atoms with Gasteiger partial charge in [0.2, 0.25) is 16.0 Å². The molecule has 1 aliphatic rings. The number of ether oxygens (including phenoxy) is 1. The number of halogens is 1. The van der Waals surface area contributed by atoms with Crippen LogP contribution >= 0.6 is 0 Å². The molecule has 2 aromatic carbocycles. The van der Waals surface area contributed by atoms with Crippen molar-refractivity contribution in [3.63, 3.8) is 0 Å². The maximum Gasteiger partial charge on any atom is 0.244 e. The zero-order valence-corrected chi connectivity index (χ0v) is 17.3. The minimum absolute atomic E-state index is 0.0996. The maximum atomic E-state index is 13.8. The van der Waals surface area contributed by atoms with Crippen LogP contribution in [0.15, 0.2) is 47.5 Å². The van der Waals surface area contributed by atoms with E-state index in [-0.39, 0.29) is 28.9 Å². The Bertz CT molecular complexity index is 1240. The van der Waals surface area contributed by atoms with Gasteiger partial charge in [-0.1, -0.05) is 6.07 Å². The highest BCUT2D eigenvalue weighted by Gasteiger charge is 2.20. The topological polar surface area (TPSA) is 125 Å². The fourth-order valence-electron chi connectivity index (χ4n) is 3.13. The zero-order chi connectivity index (χ0) is 22.0. The number of phenols is 1. The largest absolute Gasteiger partial charge is 0.507 e. The summed E-state index contributed by atoms with van der Waals surface area (Å²) >= 11 is 0. The number of methoxy groups -OCH3 is 1. The first-order chi connectivity index (χ1) is 14.9. The van der Waals surface area contributed by atoms with Gasteiger partial charge in [0.05, 0.1) is 7.11 Å². The number of rotatable bonds is 2. The number of anilines is 3. The molecule has 162 valence electrons. The smallest absolute Gasteiger partial charge is 0.244 e. The van der Waals surface area contributed by atoms with Crippen LogP contribution in [-0.4, -0.2) is 43.7 Å². The minimum Gasteiger partial charge on any atom is -0.507 e. The van der Waals surface area contributed by atoms with E-state index in [4.69, 9.17) is 4.74 Å². The molecule has 0 unspecified atom stereocenters. The first-order valence-corrected chi connectivity index (χ1v) is 10.9. The summed E-state index contributed by atoms with van der Waals surface area (Å²) in [5.41, 5.74) is 1.68. The minimum atomic E-state index is -3.89. The van der Waals surface area contributed by atoms with Gasteiger partial charge in [0, 0.05) is 30.5 Å². The van der Waals surface area contributed by atoms with Crippen molar-refractivity contribution in [1.29, 1.82) is 0 Å². The summed E-state index contributed by atoms with van der Waals surface area (Å²) in [6.45, 7) is 0.567. The average Bonchev–Trinajstić information content (AvgIpc) is 2.75. The third-order valence-electron chi connectivity index (χ3n) is 4.69. The van der Waals surface area contributed by atoms with Crippen LogP contribution in [0.1, 0.15) is 6.42 Å². The Labute approximate surface area is 178 Å². The van der Waals surface area contributed by atoms with Gasteiger partial charge in [-0.3, -0.25) is 0 Å². The van der Waals surface area contributed by atoms with Gasteiger partial charge in [-0.2, -0.15) is 4.98 Å². The summed E-state index contributed by atoms with van der Waals surface area (Å²) in [4.78, 5) is 8.57. The molecule has 11 heteroatoms. The van der Waals surface area contributed by atoms with Crippen molar-refractivity contribution in [2.45, 2.75) is 11.3 Å². The van der Waals surface area contributed by atoms with E-state index >= 15 is 0 Å². The number of fused-ring (bicyclic) bond motifs is 4. The number of aromatic hydroxyl groups is 1. The van der Waals surface area contributed by atoms with Crippen LogP contribution in [0.25, 0.3) is 11.1 Å². The number of aromatic nitrogens is 2. The average molecular weight is 445 g/mol. The molecule has 0 aliphatic carbocycles. The van der Waals surface area contributed by atoms with Gasteiger partial charge in [-0.15, -0.1) is 0 Å². The molecule has 31 heavy (non-hydrogen) atoms. The highest BCUT2D eigenvalue weighted by Crippen LogP contribution is 2.32. The van der Waals surface area contributed by atoms with Crippen molar-refractivity contribution < 1.29 is 22.7 Å². The number of benzene rings is 2. The van der Waals surface area contributed by atoms with Crippen molar-refractivity contribution in [3.8, 4) is 22.6 Å². The van der Waals surface area contributed by atoms with Crippen LogP contribution in [0.3, 0.4) is 0 Å². The maximum absolute atomic E-state index is 13.8. The molecule has 0 amide bonds. The number of phenolic OH excluding ortho intramolecular Hbond substituents is 1. The van der Waals surface area contributed by atoms with Crippen LogP contribution in [0.2, 0.25) is 0 Å². The van der Waals surface area contributed by atoms with Crippen LogP contribution in [0, 0.1) is 5.82 Å². The van der Waals surface area contributed by atoms with Crippen molar-refractivity contribution in [1.82, 2.24) is 14.7 Å². The molecular formula is C20H20FN5O4S. The molecule has 4 bridgehead atoms. The molecule has 0 fully saturated rings. The predicted molar refractivity (Wildman–Crippen MR) is 114 cm³/mol. The van der Waals surface area contributed by atoms with E-state index in [0.29, 0.717) is 35.6 Å². The second-order valence-corrected chi connectivity index (χ2v) is 8.53. The monoisotopic (exact) mass is 445 g/mol. The fourth-order valence-corrected chi connectivity index (χ4v) is 4.33. The Morgan fingerprint density at radius 2 is 2.00 bits per heavy atom. The molecule has 0 radical (unpaired) electrons. The van der Waals surface area contributed by atoms with Gasteiger partial charge >= 0.3 is 0 Å². The van der Waals surface area contributed by atoms with E-state index in [0.717, 1.165) is 0 Å². The van der Waals surface area contributed by atoms with Gasteiger partial charge in [0.15, 0.2) is 11.6 Å². The lowest BCUT2D eigenvalue weighted by atomic mass is 10.1. The van der Waals surface area contributed by atoms with E-state index in [1.54, 1.807) is 18.3 Å². The Hall–Kier alpha value is -3.44. The second-order valence-electron chi connectivity index (χ2n) is 6.79. The molecule has 2 heterocycles. The number of hydrogen-bond acceptors (Lipinski definition) is 8. The van der Waals surface area contributed by atoms with Crippen molar-refractivity contribution in [2.24, 2.45) is 0 Å². The standard InChI is InChI=1S/C20H20FN5O4S/c1-30-17-9-12(3-5-15(17)21)14-11-23-20-25-13-4-6-16(27)18(10-13)31(28,29)24-8-2-7-22-19(14)26-20/h3-6,9-11,24,27H,2,7-8H2,1H3,(H2,22,23,25,26). The summed E-state index contributed by atoms with van der Waals surface area (Å²) < 4.78 is 46.4. The molecule has 4 rings (SSSR count). The first kappa shape index (κ1) is 20.8. The molecule has 0 saturated heterocycles. The summed E-state index contributed by atoms with van der Waals surface area (Å²) in [6, 6.07) is 8.58. The van der Waals surface area contributed by atoms with Gasteiger partial charge in [-0.25, -0.2) is 22.5 Å². The lowest BCUT2D eigenvalue weighted by Crippen LogP contribution is -2.26. The number of sulfonamides is 1. The summed E-state index contributed by atoms with van der Waals surface area (Å²) in [5.74, 6) is -0.0153. The Morgan fingerprint density at radius 3 is 2.81 bits per heavy atom. The first-order valence-electron chi connectivity index (χ1n) is 9.42. The van der Waals surface area contributed by atoms with Crippen molar-refractivity contribution >= 4 is 27.5 Å². The van der Waals surface area contributed by atoms with Gasteiger partial charge in [0.1, 0.15) is 16.5 Å². The van der Waals surface area contributed by atoms with E-state index in [1.165, 1.54) is 31.4 Å². The molecule has 3 aromatic rings. The molecule has 0 spiro atoms. The van der Waals surface area contributed by atoms with Gasteiger partial charge in [-0.05, 0) is 42.3 Å². The van der Waals surface area contributed by atoms with E-state index < -0.39 is 15.8 Å². The van der Waals surface area contributed by atoms with Crippen LogP contribution in [0.5, 0.6) is 11.5 Å². The Balaban J connectivity index is 1.77. The predicted octanol–water partition coefficient (Wildman–Crippen LogP) is 2.83. The van der Waals surface area contributed by atoms with Crippen LogP contribution in [-0.2, 0) is 10.0 Å². The molecule has 9 nitrogen and oxygen atoms in total. The summed E-state index contributed by atoms with van der Waals surface area (Å²) in [5, 5.41) is 16.1. The summed E-state index contributed by atoms with van der Waals surface area (Å²) in [6.07, 6.45) is 2.04. The third kappa shape index (κ3) is 4.37. The molecule has 0 atom stereocenters. The molecular weight excluding hydrogens is 425 g/mol. The SMILES string of the molecule is COc1cc(-c2cnc3nc2NCCCNS(=O)(=O)c2cc(ccc2O)N3)ccc1F. The van der Waals surface area contributed by atoms with Crippen molar-refractivity contribution in [3.05, 3.63) is 48.4 Å². The summed E-state index contributed by atoms with van der Waals surface area (Å²) in [7, 11) is -2.50. The highest BCUT2D eigenvalue weighted by molar-refractivity contribution is 7.89. The van der Waals surface area contributed by atoms with Crippen LogP contribution in [0.4, 0.5) is 21.8 Å². The lowest BCUT2D eigenvalue weighted by molar-refractivity contribution is 0.387. The second kappa shape index (κ2) is 8.36. The molecule has 0 saturated carbocycles. The third-order valence-corrected chi connectivity index (χ3v) is 6.18. The van der Waals surface area contributed by atoms with Crippen LogP contribution < -0.4 is 20.1 Å². The van der Waals surface area contributed by atoms with Gasteiger partial charge in [0.25, 0.3) is 0 Å². The van der Waals surface area contributed by atoms with E-state index in [9.17, 15) is 17.9 Å². The van der Waals surface area contributed by atoms with E-state index in [1.807, 2.05) is 0 Å². The Kier molecular flexibility index (Phi) is 5.61. The number of nitrogens with one attached hydrogen (secondary N) is 3. The molecule has 4 N–H and O–H groups in total. The fraction of sp³-hybridized carbons (Fsp3) is 0.200. The van der Waals surface area contributed by atoms with Crippen molar-refractivity contribution in [2.75, 3.05) is 30.8 Å². The highest BCUT2D eigenvalue weighted by atomic mass is 32.2. The number of nitrogens with zero attached hydrogens (tertiary/aromatic N) is 2. The zero-order valence-electron chi connectivity index (χ0n) is 16.5. The van der Waals surface area contributed by atoms with Gasteiger partial charge < -0.3 is 20.5 Å².